The summed E-state index contributed by atoms with van der Waals surface area (Å²) in [5.41, 5.74) is 7.00. The number of aromatic nitrogens is 4. The highest BCUT2D eigenvalue weighted by Gasteiger charge is 2.21. The van der Waals surface area contributed by atoms with Crippen molar-refractivity contribution in [3.05, 3.63) is 54.7 Å². The Balaban J connectivity index is 1.49. The molecule has 1 amide bonds. The summed E-state index contributed by atoms with van der Waals surface area (Å²) in [6, 6.07) is 10.4. The molecule has 11 nitrogen and oxygen atoms in total. The Morgan fingerprint density at radius 3 is 2.66 bits per heavy atom. The third-order valence-electron chi connectivity index (χ3n) is 7.15. The highest BCUT2D eigenvalue weighted by molar-refractivity contribution is 6.02. The van der Waals surface area contributed by atoms with Crippen molar-refractivity contribution < 1.29 is 14.3 Å². The minimum Gasteiger partial charge on any atom is -0.494 e. The van der Waals surface area contributed by atoms with Crippen LogP contribution < -0.4 is 25.0 Å². The van der Waals surface area contributed by atoms with Gasteiger partial charge in [-0.15, -0.1) is 0 Å². The van der Waals surface area contributed by atoms with Gasteiger partial charge < -0.3 is 29.9 Å². The molecule has 0 unspecified atom stereocenters. The van der Waals surface area contributed by atoms with Gasteiger partial charge in [0.2, 0.25) is 11.9 Å². The van der Waals surface area contributed by atoms with Crippen molar-refractivity contribution in [3.63, 3.8) is 0 Å². The molecule has 0 spiro atoms. The van der Waals surface area contributed by atoms with Crippen LogP contribution >= 0.6 is 0 Å². The summed E-state index contributed by atoms with van der Waals surface area (Å²) < 4.78 is 13.4. The third-order valence-corrected chi connectivity index (χ3v) is 7.15. The van der Waals surface area contributed by atoms with Crippen LogP contribution in [0.3, 0.4) is 0 Å². The van der Waals surface area contributed by atoms with E-state index < -0.39 is 0 Å². The van der Waals surface area contributed by atoms with Gasteiger partial charge in [0.05, 0.1) is 48.0 Å². The molecule has 0 fully saturated rings. The second-order valence-electron chi connectivity index (χ2n) is 10.2. The number of nitrogens with one attached hydrogen (secondary N) is 2. The maximum Gasteiger partial charge on any atom is 0.297 e. The van der Waals surface area contributed by atoms with Crippen molar-refractivity contribution in [3.8, 4) is 23.0 Å². The van der Waals surface area contributed by atoms with Crippen LogP contribution in [-0.4, -0.2) is 78.8 Å². The van der Waals surface area contributed by atoms with Crippen LogP contribution in [0.5, 0.6) is 11.8 Å². The summed E-state index contributed by atoms with van der Waals surface area (Å²) in [5, 5.41) is 6.21. The zero-order valence-electron chi connectivity index (χ0n) is 24.2. The lowest BCUT2D eigenvalue weighted by atomic mass is 10.00. The predicted molar refractivity (Wildman–Crippen MR) is 163 cm³/mol. The first kappa shape index (κ1) is 27.9. The SMILES string of the molecule is C=CC(=O)Nc1cc(Nc2nccc(-c3cc4c5c(c3)nc(OC)n5CCC4)n2)c(OC)cc1N(C)CCN(C)C. The highest BCUT2D eigenvalue weighted by atomic mass is 16.5. The summed E-state index contributed by atoms with van der Waals surface area (Å²) in [6.45, 7) is 6.08. The Kier molecular flexibility index (Phi) is 8.06. The van der Waals surface area contributed by atoms with Crippen molar-refractivity contribution in [2.45, 2.75) is 19.4 Å². The van der Waals surface area contributed by atoms with Crippen molar-refractivity contribution in [1.29, 1.82) is 0 Å². The first-order valence-electron chi connectivity index (χ1n) is 13.5. The molecule has 1 aliphatic heterocycles. The van der Waals surface area contributed by atoms with Crippen molar-refractivity contribution >= 4 is 40.0 Å². The van der Waals surface area contributed by atoms with Gasteiger partial charge in [0.15, 0.2) is 0 Å². The standard InChI is InChI=1S/C30H36N8O3/c1-7-27(39)32-22-17-23(26(40-5)18-25(22)37(4)14-13-36(2)3)34-29-31-11-10-21(33-29)20-15-19-9-8-12-38-28(19)24(16-20)35-30(38)41-6/h7,10-11,15-18H,1,8-9,12-14H2,2-6H3,(H,32,39)(H,31,33,34). The van der Waals surface area contributed by atoms with Crippen LogP contribution in [0.1, 0.15) is 12.0 Å². The van der Waals surface area contributed by atoms with Gasteiger partial charge >= 0.3 is 0 Å². The number of methoxy groups -OCH3 is 2. The number of ether oxygens (including phenoxy) is 2. The number of benzene rings is 2. The lowest BCUT2D eigenvalue weighted by Gasteiger charge is -2.26. The fourth-order valence-corrected chi connectivity index (χ4v) is 5.07. The van der Waals surface area contributed by atoms with E-state index >= 15 is 0 Å². The lowest BCUT2D eigenvalue weighted by Crippen LogP contribution is -2.29. The Bertz CT molecular complexity index is 1600. The molecule has 1 aliphatic rings. The molecule has 2 aromatic heterocycles. The molecule has 2 aromatic carbocycles. The van der Waals surface area contributed by atoms with E-state index in [4.69, 9.17) is 19.4 Å². The number of likely N-dealkylation sites (N-methyl/N-ethyl adjacent to an activating group) is 2. The summed E-state index contributed by atoms with van der Waals surface area (Å²) >= 11 is 0. The van der Waals surface area contributed by atoms with Crippen LogP contribution in [0, 0.1) is 0 Å². The molecular formula is C30H36N8O3. The molecule has 0 aliphatic carbocycles. The van der Waals surface area contributed by atoms with Gasteiger partial charge in [-0.05, 0) is 62.8 Å². The van der Waals surface area contributed by atoms with E-state index in [1.807, 2.05) is 45.4 Å². The van der Waals surface area contributed by atoms with Gasteiger partial charge in [-0.3, -0.25) is 9.36 Å². The normalized spacial score (nSPS) is 12.3. The summed E-state index contributed by atoms with van der Waals surface area (Å²) in [6.07, 6.45) is 4.97. The molecule has 4 aromatic rings. The second-order valence-corrected chi connectivity index (χ2v) is 10.2. The van der Waals surface area contributed by atoms with E-state index in [1.54, 1.807) is 20.4 Å². The topological polar surface area (TPSA) is 110 Å². The van der Waals surface area contributed by atoms with Gasteiger partial charge in [0.25, 0.3) is 6.01 Å². The number of anilines is 4. The van der Waals surface area contributed by atoms with E-state index in [0.717, 1.165) is 60.5 Å². The minimum atomic E-state index is -0.306. The van der Waals surface area contributed by atoms with Gasteiger partial charge in [-0.1, -0.05) is 6.58 Å². The minimum absolute atomic E-state index is 0.306. The summed E-state index contributed by atoms with van der Waals surface area (Å²) in [4.78, 5) is 30.4. The number of hydrogen-bond donors (Lipinski definition) is 2. The fraction of sp³-hybridized carbons (Fsp3) is 0.333. The van der Waals surface area contributed by atoms with E-state index in [2.05, 4.69) is 42.6 Å². The molecule has 0 atom stereocenters. The molecule has 3 heterocycles. The maximum absolute atomic E-state index is 12.3. The molecule has 2 N–H and O–H groups in total. The first-order chi connectivity index (χ1) is 19.8. The Hall–Kier alpha value is -4.64. The highest BCUT2D eigenvalue weighted by Crippen LogP contribution is 2.38. The molecule has 11 heteroatoms. The molecule has 214 valence electrons. The Morgan fingerprint density at radius 1 is 1.10 bits per heavy atom. The second kappa shape index (κ2) is 11.8. The number of carbonyl (C=O) groups is 1. The summed E-state index contributed by atoms with van der Waals surface area (Å²) in [5.74, 6) is 0.679. The Morgan fingerprint density at radius 2 is 1.93 bits per heavy atom. The number of imidazole rings is 1. The van der Waals surface area contributed by atoms with Gasteiger partial charge in [0.1, 0.15) is 5.75 Å². The van der Waals surface area contributed by atoms with Gasteiger partial charge in [0, 0.05) is 44.5 Å². The van der Waals surface area contributed by atoms with Crippen LogP contribution in [-0.2, 0) is 17.8 Å². The van der Waals surface area contributed by atoms with Crippen molar-refractivity contribution in [1.82, 2.24) is 24.4 Å². The Labute approximate surface area is 239 Å². The molecular weight excluding hydrogens is 520 g/mol. The van der Waals surface area contributed by atoms with Crippen LogP contribution in [0.25, 0.3) is 22.3 Å². The average Bonchev–Trinajstić information content (AvgIpc) is 3.35. The molecule has 0 radical (unpaired) electrons. The lowest BCUT2D eigenvalue weighted by molar-refractivity contribution is -0.111. The number of nitrogens with zero attached hydrogens (tertiary/aromatic N) is 6. The monoisotopic (exact) mass is 556 g/mol. The van der Waals surface area contributed by atoms with E-state index in [9.17, 15) is 4.79 Å². The van der Waals surface area contributed by atoms with Crippen molar-refractivity contribution in [2.24, 2.45) is 0 Å². The molecule has 5 rings (SSSR count). The fourth-order valence-electron chi connectivity index (χ4n) is 5.07. The molecule has 41 heavy (non-hydrogen) atoms. The number of amides is 1. The van der Waals surface area contributed by atoms with Gasteiger partial charge in [-0.25, -0.2) is 9.97 Å². The summed E-state index contributed by atoms with van der Waals surface area (Å²) in [7, 11) is 9.28. The molecule has 0 saturated carbocycles. The zero-order chi connectivity index (χ0) is 29.1. The van der Waals surface area contributed by atoms with Crippen LogP contribution in [0.2, 0.25) is 0 Å². The molecule has 0 saturated heterocycles. The number of carbonyl (C=O) groups excluding carboxylic acids is 1. The first-order valence-corrected chi connectivity index (χ1v) is 13.5. The van der Waals surface area contributed by atoms with E-state index in [-0.39, 0.29) is 5.91 Å². The largest absolute Gasteiger partial charge is 0.494 e. The van der Waals surface area contributed by atoms with Crippen LogP contribution in [0.4, 0.5) is 23.0 Å². The average molecular weight is 557 g/mol. The smallest absolute Gasteiger partial charge is 0.297 e. The van der Waals surface area contributed by atoms with E-state index in [0.29, 0.717) is 29.1 Å². The molecule has 0 bridgehead atoms. The number of aryl methyl sites for hydroxylation is 2. The maximum atomic E-state index is 12.3. The number of hydrogen-bond acceptors (Lipinski definition) is 9. The van der Waals surface area contributed by atoms with Gasteiger partial charge in [-0.2, -0.15) is 4.98 Å². The third kappa shape index (κ3) is 5.80. The zero-order valence-corrected chi connectivity index (χ0v) is 24.2. The van der Waals surface area contributed by atoms with E-state index in [1.165, 1.54) is 11.6 Å². The predicted octanol–water partition coefficient (Wildman–Crippen LogP) is 4.32. The quantitative estimate of drug-likeness (QED) is 0.261. The van der Waals surface area contributed by atoms with Crippen molar-refractivity contribution in [2.75, 3.05) is 64.0 Å². The number of rotatable bonds is 11. The van der Waals surface area contributed by atoms with Crippen LogP contribution in [0.15, 0.2) is 49.2 Å².